The van der Waals surface area contributed by atoms with E-state index in [2.05, 4.69) is 19.5 Å². The average Bonchev–Trinajstić information content (AvgIpc) is 2.81. The maximum atomic E-state index is 10.9. The molecule has 0 spiro atoms. The van der Waals surface area contributed by atoms with Crippen molar-refractivity contribution in [2.75, 3.05) is 5.70 Å². The molecule has 0 aliphatic heterocycles. The number of hydrogen-bond donors (Lipinski definition) is 4. The fourth-order valence-corrected chi connectivity index (χ4v) is 2.56. The third kappa shape index (κ3) is 7.28. The van der Waals surface area contributed by atoms with Crippen LogP contribution in [0.2, 0.25) is 0 Å². The van der Waals surface area contributed by atoms with Crippen molar-refractivity contribution >= 4 is 50.2 Å². The van der Waals surface area contributed by atoms with Crippen LogP contribution in [-0.4, -0.2) is 30.9 Å². The standard InChI is InChI=1S/C8H15N7O2S3/c9-6(15-20(12,16)17)1-2-18-3-5-4-19-8(13-5)14-7(10)11/h4H,1-3H2,(H2,9,15)(H2,12,16,17)(H4,10,11,13,14)/i1D2,2D2. The molecule has 12 heteroatoms. The summed E-state index contributed by atoms with van der Waals surface area (Å²) >= 11 is 1.64. The molecule has 0 fully saturated rings. The summed E-state index contributed by atoms with van der Waals surface area (Å²) in [7, 11) is -4.44. The molecule has 0 atom stereocenters. The van der Waals surface area contributed by atoms with Gasteiger partial charge in [0.25, 0.3) is 0 Å². The molecule has 8 N–H and O–H groups in total. The van der Waals surface area contributed by atoms with E-state index in [-0.39, 0.29) is 16.8 Å². The smallest absolute Gasteiger partial charge is 0.318 e. The SMILES string of the molecule is [2H]C([2H])(SCc1csc(N=C(N)N)n1)C([2H])([2H])/C(N)=N/S(N)(=O)=O. The molecule has 0 aliphatic rings. The average molecular weight is 341 g/mol. The monoisotopic (exact) mass is 341 g/mol. The normalized spacial score (nSPS) is 16.8. The van der Waals surface area contributed by atoms with Gasteiger partial charge in [0.05, 0.1) is 5.69 Å². The molecule has 1 heterocycles. The summed E-state index contributed by atoms with van der Waals surface area (Å²) in [6.45, 7) is 0. The van der Waals surface area contributed by atoms with E-state index in [4.69, 9.17) is 22.7 Å². The van der Waals surface area contributed by atoms with Crippen LogP contribution >= 0.6 is 23.1 Å². The number of aromatic nitrogens is 1. The summed E-state index contributed by atoms with van der Waals surface area (Å²) in [5, 5.41) is 6.49. The van der Waals surface area contributed by atoms with Crippen LogP contribution in [0, 0.1) is 0 Å². The second-order valence-corrected chi connectivity index (χ2v) is 6.00. The van der Waals surface area contributed by atoms with Gasteiger partial charge in [0.2, 0.25) is 5.13 Å². The van der Waals surface area contributed by atoms with Crippen molar-refractivity contribution in [3.05, 3.63) is 11.1 Å². The van der Waals surface area contributed by atoms with E-state index in [1.54, 1.807) is 5.38 Å². The number of thiazole rings is 1. The van der Waals surface area contributed by atoms with Gasteiger partial charge in [0.15, 0.2) is 5.96 Å². The zero-order valence-corrected chi connectivity index (χ0v) is 12.4. The molecule has 0 unspecified atom stereocenters. The molecule has 0 saturated heterocycles. The number of aliphatic imine (C=N–C) groups is 1. The highest BCUT2D eigenvalue weighted by atomic mass is 32.2. The van der Waals surface area contributed by atoms with Crippen LogP contribution in [0.5, 0.6) is 0 Å². The van der Waals surface area contributed by atoms with Gasteiger partial charge in [-0.05, 0) is 0 Å². The van der Waals surface area contributed by atoms with Crippen LogP contribution < -0.4 is 22.3 Å². The summed E-state index contributed by atoms with van der Waals surface area (Å²) in [5.41, 5.74) is 13.5. The summed E-state index contributed by atoms with van der Waals surface area (Å²) in [6, 6.07) is 0. The number of nitrogens with zero attached hydrogens (tertiary/aromatic N) is 3. The molecule has 1 aromatic heterocycles. The van der Waals surface area contributed by atoms with Gasteiger partial charge in [-0.1, -0.05) is 0 Å². The lowest BCUT2D eigenvalue weighted by molar-refractivity contribution is 0.599. The minimum atomic E-state index is -4.44. The molecule has 1 aromatic rings. The Morgan fingerprint density at radius 2 is 2.20 bits per heavy atom. The van der Waals surface area contributed by atoms with E-state index in [0.29, 0.717) is 17.5 Å². The lowest BCUT2D eigenvalue weighted by Gasteiger charge is -1.99. The fourth-order valence-electron chi connectivity index (χ4n) is 0.883. The van der Waals surface area contributed by atoms with E-state index < -0.39 is 28.1 Å². The maximum Gasteiger partial charge on any atom is 0.318 e. The molecule has 0 saturated carbocycles. The Labute approximate surface area is 130 Å². The quantitative estimate of drug-likeness (QED) is 0.371. The highest BCUT2D eigenvalue weighted by Gasteiger charge is 2.04. The van der Waals surface area contributed by atoms with Crippen molar-refractivity contribution in [3.8, 4) is 0 Å². The number of nitrogens with two attached hydrogens (primary N) is 4. The van der Waals surface area contributed by atoms with Gasteiger partial charge in [-0.2, -0.15) is 25.2 Å². The molecule has 0 amide bonds. The molecule has 0 aromatic carbocycles. The van der Waals surface area contributed by atoms with Crippen molar-refractivity contribution in [1.29, 1.82) is 0 Å². The minimum Gasteiger partial charge on any atom is -0.386 e. The molecular weight excluding hydrogens is 322 g/mol. The zero-order valence-electron chi connectivity index (χ0n) is 14.0. The van der Waals surface area contributed by atoms with Gasteiger partial charge in [0, 0.05) is 28.7 Å². The molecule has 9 nitrogen and oxygen atoms in total. The van der Waals surface area contributed by atoms with Gasteiger partial charge in [0.1, 0.15) is 5.84 Å². The molecule has 0 aliphatic carbocycles. The van der Waals surface area contributed by atoms with Gasteiger partial charge in [-0.3, -0.25) is 0 Å². The minimum absolute atomic E-state index is 0.0361. The predicted molar refractivity (Wildman–Crippen MR) is 83.1 cm³/mol. The molecule has 0 radical (unpaired) electrons. The Morgan fingerprint density at radius 1 is 1.50 bits per heavy atom. The lowest BCUT2D eigenvalue weighted by atomic mass is 10.5. The first kappa shape index (κ1) is 11.3. The Kier molecular flexibility index (Phi) is 4.20. The van der Waals surface area contributed by atoms with Crippen LogP contribution in [0.25, 0.3) is 0 Å². The van der Waals surface area contributed by atoms with E-state index in [1.165, 1.54) is 0 Å². The summed E-state index contributed by atoms with van der Waals surface area (Å²) in [4.78, 5) is 7.75. The van der Waals surface area contributed by atoms with Crippen molar-refractivity contribution < 1.29 is 13.9 Å². The number of rotatable bonds is 7. The van der Waals surface area contributed by atoms with Gasteiger partial charge in [-0.15, -0.1) is 15.7 Å². The number of amidine groups is 1. The Bertz CT molecular complexity index is 757. The van der Waals surface area contributed by atoms with Crippen molar-refractivity contribution in [3.63, 3.8) is 0 Å². The molecule has 112 valence electrons. The number of guanidine groups is 1. The largest absolute Gasteiger partial charge is 0.386 e. The third-order valence-electron chi connectivity index (χ3n) is 1.46. The zero-order chi connectivity index (χ0) is 18.8. The topological polar surface area (TPSA) is 176 Å². The van der Waals surface area contributed by atoms with E-state index in [0.717, 1.165) is 11.3 Å². The van der Waals surface area contributed by atoms with E-state index in [1.807, 2.05) is 0 Å². The fraction of sp³-hybridized carbons (Fsp3) is 0.375. The van der Waals surface area contributed by atoms with Crippen LogP contribution in [0.15, 0.2) is 14.8 Å². The van der Waals surface area contributed by atoms with Crippen molar-refractivity contribution in [2.24, 2.45) is 31.7 Å². The molecular formula is C8H15N7O2S3. The van der Waals surface area contributed by atoms with Crippen LogP contribution in [-0.2, 0) is 16.0 Å². The summed E-state index contributed by atoms with van der Waals surface area (Å²) in [6.07, 6.45) is -2.89. The highest BCUT2D eigenvalue weighted by molar-refractivity contribution is 7.98. The van der Waals surface area contributed by atoms with Crippen LogP contribution in [0.4, 0.5) is 5.13 Å². The van der Waals surface area contributed by atoms with Crippen molar-refractivity contribution in [1.82, 2.24) is 4.98 Å². The molecule has 0 bridgehead atoms. The number of thioether (sulfide) groups is 1. The van der Waals surface area contributed by atoms with Crippen molar-refractivity contribution in [2.45, 2.75) is 12.1 Å². The maximum absolute atomic E-state index is 10.9. The first-order valence-electron chi connectivity index (χ1n) is 6.81. The van der Waals surface area contributed by atoms with Gasteiger partial charge in [-0.25, -0.2) is 10.1 Å². The Balaban J connectivity index is 2.90. The second kappa shape index (κ2) is 7.42. The lowest BCUT2D eigenvalue weighted by Crippen LogP contribution is -2.21. The predicted octanol–water partition coefficient (Wildman–Crippen LogP) is -0.768. The Morgan fingerprint density at radius 3 is 2.80 bits per heavy atom. The number of hydrogen-bond acceptors (Lipinski definition) is 6. The molecule has 1 rings (SSSR count). The van der Waals surface area contributed by atoms with E-state index >= 15 is 0 Å². The highest BCUT2D eigenvalue weighted by Crippen LogP contribution is 2.21. The van der Waals surface area contributed by atoms with Gasteiger partial charge >= 0.3 is 10.2 Å². The second-order valence-electron chi connectivity index (χ2n) is 3.17. The Hall–Kier alpha value is -1.37. The summed E-state index contributed by atoms with van der Waals surface area (Å²) < 4.78 is 55.5. The van der Waals surface area contributed by atoms with E-state index in [9.17, 15) is 8.42 Å². The third-order valence-corrected chi connectivity index (χ3v) is 3.38. The first-order valence-corrected chi connectivity index (χ1v) is 8.18. The summed E-state index contributed by atoms with van der Waals surface area (Å²) in [5.74, 6) is -1.30. The van der Waals surface area contributed by atoms with Crippen LogP contribution in [0.1, 0.15) is 17.5 Å². The van der Waals surface area contributed by atoms with Crippen LogP contribution in [0.3, 0.4) is 0 Å². The first-order chi connectivity index (χ1) is 10.7. The molecule has 20 heavy (non-hydrogen) atoms. The van der Waals surface area contributed by atoms with Gasteiger partial charge < -0.3 is 17.2 Å².